The van der Waals surface area contributed by atoms with Crippen LogP contribution in [0.5, 0.6) is 0 Å². The lowest BCUT2D eigenvalue weighted by atomic mass is 9.97. The molecule has 1 fully saturated rings. The average Bonchev–Trinajstić information content (AvgIpc) is 2.43. The Morgan fingerprint density at radius 1 is 1.29 bits per heavy atom. The smallest absolute Gasteiger partial charge is 0.132 e. The fourth-order valence-electron chi connectivity index (χ4n) is 2.76. The summed E-state index contributed by atoms with van der Waals surface area (Å²) in [6.07, 6.45) is 1.97. The molecule has 0 saturated carbocycles. The van der Waals surface area contributed by atoms with Crippen molar-refractivity contribution < 1.29 is 4.39 Å². The van der Waals surface area contributed by atoms with E-state index in [0.29, 0.717) is 16.1 Å². The Kier molecular flexibility index (Phi) is 9.83. The van der Waals surface area contributed by atoms with Crippen molar-refractivity contribution in [3.8, 4) is 0 Å². The molecule has 21 heavy (non-hydrogen) atoms. The lowest BCUT2D eigenvalue weighted by Gasteiger charge is -2.36. The molecule has 0 spiro atoms. The first-order valence-corrected chi connectivity index (χ1v) is 7.42. The number of rotatable bonds is 4. The van der Waals surface area contributed by atoms with Crippen molar-refractivity contribution in [3.05, 3.63) is 34.1 Å². The molecule has 1 aliphatic rings. The molecule has 1 heterocycles. The average molecular weight is 358 g/mol. The van der Waals surface area contributed by atoms with Crippen LogP contribution in [0.2, 0.25) is 5.02 Å². The van der Waals surface area contributed by atoms with Gasteiger partial charge in [0.2, 0.25) is 0 Å². The summed E-state index contributed by atoms with van der Waals surface area (Å²) in [6, 6.07) is 3.67. The van der Waals surface area contributed by atoms with Gasteiger partial charge in [0.25, 0.3) is 0 Å². The number of hydrogen-bond donors (Lipinski definition) is 1. The molecule has 122 valence electrons. The van der Waals surface area contributed by atoms with E-state index in [9.17, 15) is 4.39 Å². The molecule has 1 saturated heterocycles. The molecule has 0 aliphatic carbocycles. The Labute approximate surface area is 144 Å². The van der Waals surface area contributed by atoms with Gasteiger partial charge in [-0.15, -0.1) is 24.8 Å². The van der Waals surface area contributed by atoms with E-state index in [-0.39, 0.29) is 36.7 Å². The van der Waals surface area contributed by atoms with Crippen LogP contribution in [0.25, 0.3) is 0 Å². The zero-order valence-electron chi connectivity index (χ0n) is 12.5. The number of nitrogens with one attached hydrogen (secondary N) is 1. The van der Waals surface area contributed by atoms with Crippen LogP contribution in [0, 0.1) is 12.7 Å². The molecule has 0 amide bonds. The van der Waals surface area contributed by atoms with Gasteiger partial charge in [-0.3, -0.25) is 4.90 Å². The van der Waals surface area contributed by atoms with Gasteiger partial charge < -0.3 is 5.32 Å². The highest BCUT2D eigenvalue weighted by molar-refractivity contribution is 6.31. The predicted octanol–water partition coefficient (Wildman–Crippen LogP) is 4.38. The molecule has 1 aromatic rings. The van der Waals surface area contributed by atoms with E-state index in [1.54, 1.807) is 13.0 Å². The summed E-state index contributed by atoms with van der Waals surface area (Å²) >= 11 is 6.27. The normalized spacial score (nSPS) is 16.8. The van der Waals surface area contributed by atoms with Crippen molar-refractivity contribution in [1.82, 2.24) is 10.2 Å². The summed E-state index contributed by atoms with van der Waals surface area (Å²) in [5.41, 5.74) is 1.36. The molecule has 1 aromatic carbocycles. The Morgan fingerprint density at radius 3 is 2.48 bits per heavy atom. The standard InChI is InChI=1S/C15H22ClFN2.2ClH/c1-3-4-13(19-9-7-18-8-10-19)14-12(16)6-5-11(2)15(14)17;;/h5-6,13,18H,3-4,7-10H2,1-2H3;2*1H/t13-;;/m0../s1. The van der Waals surface area contributed by atoms with Crippen LogP contribution in [0.15, 0.2) is 12.1 Å². The third-order valence-electron chi connectivity index (χ3n) is 3.81. The van der Waals surface area contributed by atoms with E-state index in [0.717, 1.165) is 39.0 Å². The van der Waals surface area contributed by atoms with Crippen LogP contribution in [-0.4, -0.2) is 31.1 Å². The summed E-state index contributed by atoms with van der Waals surface area (Å²) in [6.45, 7) is 7.77. The molecule has 0 radical (unpaired) electrons. The molecular weight excluding hydrogens is 334 g/mol. The van der Waals surface area contributed by atoms with Crippen molar-refractivity contribution in [3.63, 3.8) is 0 Å². The molecule has 6 heteroatoms. The van der Waals surface area contributed by atoms with Crippen LogP contribution in [-0.2, 0) is 0 Å². The van der Waals surface area contributed by atoms with Crippen molar-refractivity contribution in [2.75, 3.05) is 26.2 Å². The maximum absolute atomic E-state index is 14.5. The van der Waals surface area contributed by atoms with Crippen LogP contribution >= 0.6 is 36.4 Å². The SMILES string of the molecule is CCC[C@@H](c1c(Cl)ccc(C)c1F)N1CCNCC1.Cl.Cl. The minimum Gasteiger partial charge on any atom is -0.314 e. The van der Waals surface area contributed by atoms with Crippen LogP contribution < -0.4 is 5.32 Å². The molecule has 2 rings (SSSR count). The van der Waals surface area contributed by atoms with Gasteiger partial charge in [-0.1, -0.05) is 31.0 Å². The molecule has 0 aromatic heterocycles. The van der Waals surface area contributed by atoms with Gasteiger partial charge in [0, 0.05) is 42.8 Å². The fraction of sp³-hybridized carbons (Fsp3) is 0.600. The summed E-state index contributed by atoms with van der Waals surface area (Å²) in [5, 5.41) is 3.89. The van der Waals surface area contributed by atoms with Gasteiger partial charge in [-0.25, -0.2) is 4.39 Å². The minimum atomic E-state index is -0.135. The first kappa shape index (κ1) is 20.9. The lowest BCUT2D eigenvalue weighted by Crippen LogP contribution is -2.45. The lowest BCUT2D eigenvalue weighted by molar-refractivity contribution is 0.161. The number of hydrogen-bond acceptors (Lipinski definition) is 2. The third-order valence-corrected chi connectivity index (χ3v) is 4.14. The second-order valence-electron chi connectivity index (χ2n) is 5.18. The predicted molar refractivity (Wildman–Crippen MR) is 92.7 cm³/mol. The summed E-state index contributed by atoms with van der Waals surface area (Å²) in [4.78, 5) is 2.35. The van der Waals surface area contributed by atoms with Crippen molar-refractivity contribution in [1.29, 1.82) is 0 Å². The van der Waals surface area contributed by atoms with Gasteiger partial charge in [-0.05, 0) is 25.0 Å². The molecule has 2 nitrogen and oxygen atoms in total. The maximum Gasteiger partial charge on any atom is 0.132 e. The Morgan fingerprint density at radius 2 is 1.90 bits per heavy atom. The van der Waals surface area contributed by atoms with E-state index < -0.39 is 0 Å². The number of piperazine rings is 1. The van der Waals surface area contributed by atoms with E-state index >= 15 is 0 Å². The van der Waals surface area contributed by atoms with Crippen LogP contribution in [0.4, 0.5) is 4.39 Å². The summed E-state index contributed by atoms with van der Waals surface area (Å²) in [7, 11) is 0. The molecule has 1 aliphatic heterocycles. The monoisotopic (exact) mass is 356 g/mol. The molecule has 1 N–H and O–H groups in total. The molecular formula is C15H24Cl3FN2. The fourth-order valence-corrected chi connectivity index (χ4v) is 3.03. The van der Waals surface area contributed by atoms with E-state index in [1.807, 2.05) is 6.07 Å². The topological polar surface area (TPSA) is 15.3 Å². The molecule has 1 atom stereocenters. The van der Waals surface area contributed by atoms with Crippen LogP contribution in [0.3, 0.4) is 0 Å². The second-order valence-corrected chi connectivity index (χ2v) is 5.59. The number of halogens is 4. The number of nitrogens with zero attached hydrogens (tertiary/aromatic N) is 1. The summed E-state index contributed by atoms with van der Waals surface area (Å²) < 4.78 is 14.5. The van der Waals surface area contributed by atoms with Gasteiger partial charge in [0.05, 0.1) is 0 Å². The largest absolute Gasteiger partial charge is 0.314 e. The van der Waals surface area contributed by atoms with Crippen LogP contribution in [0.1, 0.15) is 36.9 Å². The van der Waals surface area contributed by atoms with Crippen molar-refractivity contribution >= 4 is 36.4 Å². The first-order valence-electron chi connectivity index (χ1n) is 7.04. The minimum absolute atomic E-state index is 0. The molecule has 0 unspecified atom stereocenters. The Bertz CT molecular complexity index is 437. The zero-order chi connectivity index (χ0) is 13.8. The highest BCUT2D eigenvalue weighted by Gasteiger charge is 2.26. The van der Waals surface area contributed by atoms with Gasteiger partial charge in [-0.2, -0.15) is 0 Å². The first-order chi connectivity index (χ1) is 9.15. The van der Waals surface area contributed by atoms with Crippen molar-refractivity contribution in [2.24, 2.45) is 0 Å². The van der Waals surface area contributed by atoms with E-state index in [4.69, 9.17) is 11.6 Å². The highest BCUT2D eigenvalue weighted by Crippen LogP contribution is 2.34. The Hall–Kier alpha value is -0.0600. The number of benzene rings is 1. The van der Waals surface area contributed by atoms with Gasteiger partial charge >= 0.3 is 0 Å². The number of aryl methyl sites for hydroxylation is 1. The second kappa shape index (κ2) is 9.86. The van der Waals surface area contributed by atoms with E-state index in [1.165, 1.54) is 0 Å². The Balaban J connectivity index is 0.00000200. The molecule has 0 bridgehead atoms. The third kappa shape index (κ3) is 4.97. The van der Waals surface area contributed by atoms with Gasteiger partial charge in [0.15, 0.2) is 0 Å². The van der Waals surface area contributed by atoms with Crippen molar-refractivity contribution in [2.45, 2.75) is 32.7 Å². The maximum atomic E-state index is 14.5. The quantitative estimate of drug-likeness (QED) is 0.860. The van der Waals surface area contributed by atoms with E-state index in [2.05, 4.69) is 17.1 Å². The van der Waals surface area contributed by atoms with Gasteiger partial charge in [0.1, 0.15) is 5.82 Å². The highest BCUT2D eigenvalue weighted by atomic mass is 35.5. The summed E-state index contributed by atoms with van der Waals surface area (Å²) in [5.74, 6) is -0.135. The zero-order valence-corrected chi connectivity index (χ0v) is 14.9.